The van der Waals surface area contributed by atoms with Gasteiger partial charge in [-0.05, 0) is 47.9 Å². The molecule has 7 nitrogen and oxygen atoms in total. The maximum absolute atomic E-state index is 13.3. The zero-order valence-electron chi connectivity index (χ0n) is 16.5. The maximum atomic E-state index is 13.3. The second-order valence-corrected chi connectivity index (χ2v) is 9.05. The number of ether oxygens (including phenoxy) is 1. The first-order valence-electron chi connectivity index (χ1n) is 9.91. The van der Waals surface area contributed by atoms with Gasteiger partial charge in [-0.2, -0.15) is 0 Å². The molecule has 2 saturated heterocycles. The number of aryl methyl sites for hydroxylation is 2. The molecule has 2 aromatic heterocycles. The number of nitrogens with zero attached hydrogens (tertiary/aromatic N) is 3. The first-order chi connectivity index (χ1) is 13.9. The molecule has 152 valence electrons. The third kappa shape index (κ3) is 2.93. The van der Waals surface area contributed by atoms with Gasteiger partial charge >= 0.3 is 0 Å². The average molecular weight is 413 g/mol. The smallest absolute Gasteiger partial charge is 0.264 e. The minimum absolute atomic E-state index is 0.0129. The summed E-state index contributed by atoms with van der Waals surface area (Å²) in [4.78, 5) is 43.5. The molecule has 5 heterocycles. The first-order valence-corrected chi connectivity index (χ1v) is 10.8. The number of hydrogen-bond acceptors (Lipinski definition) is 5. The van der Waals surface area contributed by atoms with Crippen molar-refractivity contribution in [1.82, 2.24) is 14.4 Å². The molecular weight excluding hydrogens is 390 g/mol. The van der Waals surface area contributed by atoms with Gasteiger partial charge in [-0.3, -0.25) is 14.4 Å². The van der Waals surface area contributed by atoms with Crippen molar-refractivity contribution in [3.63, 3.8) is 0 Å². The highest BCUT2D eigenvalue weighted by Crippen LogP contribution is 2.31. The van der Waals surface area contributed by atoms with Gasteiger partial charge in [0, 0.05) is 32.9 Å². The second-order valence-electron chi connectivity index (χ2n) is 8.14. The van der Waals surface area contributed by atoms with Gasteiger partial charge in [-0.15, -0.1) is 11.3 Å². The molecule has 0 N–H and O–H groups in total. The van der Waals surface area contributed by atoms with E-state index >= 15 is 0 Å². The molecule has 0 spiro atoms. The summed E-state index contributed by atoms with van der Waals surface area (Å²) < 4.78 is 7.07. The number of hydrogen-bond donors (Lipinski definition) is 0. The summed E-state index contributed by atoms with van der Waals surface area (Å²) in [6, 6.07) is 2.01. The average Bonchev–Trinajstić information content (AvgIpc) is 3.44. The number of aromatic nitrogens is 1. The molecule has 2 atom stereocenters. The van der Waals surface area contributed by atoms with E-state index < -0.39 is 0 Å². The van der Waals surface area contributed by atoms with Crippen LogP contribution < -0.4 is 5.56 Å². The van der Waals surface area contributed by atoms with E-state index in [1.165, 1.54) is 15.9 Å². The molecule has 0 radical (unpaired) electrons. The van der Waals surface area contributed by atoms with Crippen molar-refractivity contribution in [3.8, 4) is 0 Å². The minimum atomic E-state index is -0.258. The number of carbonyl (C=O) groups excluding carboxylic acids is 2. The molecule has 2 fully saturated rings. The summed E-state index contributed by atoms with van der Waals surface area (Å²) in [5, 5.41) is 1.93. The molecule has 5 rings (SSSR count). The number of rotatable bonds is 2. The molecule has 3 aliphatic heterocycles. The lowest BCUT2D eigenvalue weighted by Crippen LogP contribution is -2.46. The van der Waals surface area contributed by atoms with E-state index in [2.05, 4.69) is 0 Å². The van der Waals surface area contributed by atoms with Crippen molar-refractivity contribution in [2.75, 3.05) is 19.7 Å². The minimum Gasteiger partial charge on any atom is -0.374 e. The van der Waals surface area contributed by atoms with E-state index in [4.69, 9.17) is 4.74 Å². The van der Waals surface area contributed by atoms with Gasteiger partial charge in [-0.1, -0.05) is 0 Å². The van der Waals surface area contributed by atoms with E-state index in [0.717, 1.165) is 28.0 Å². The Morgan fingerprint density at radius 2 is 2.10 bits per heavy atom. The van der Waals surface area contributed by atoms with Crippen LogP contribution in [0.4, 0.5) is 0 Å². The summed E-state index contributed by atoms with van der Waals surface area (Å²) in [6.45, 7) is 3.96. The Labute approximate surface area is 172 Å². The van der Waals surface area contributed by atoms with Crippen LogP contribution in [-0.2, 0) is 24.8 Å². The molecule has 8 heteroatoms. The lowest BCUT2D eigenvalue weighted by Gasteiger charge is -2.32. The van der Waals surface area contributed by atoms with Crippen molar-refractivity contribution >= 4 is 23.2 Å². The SMILES string of the molecule is Cc1ccsc1C(=O)N1CCc2c(cn(C)c(=O)c2C(=O)N2C[C@H]3C[C@@H]2CO3)C1. The summed E-state index contributed by atoms with van der Waals surface area (Å²) in [6.07, 6.45) is 3.23. The third-order valence-electron chi connectivity index (χ3n) is 6.28. The Balaban J connectivity index is 1.48. The number of amides is 2. The van der Waals surface area contributed by atoms with Crippen LogP contribution in [0.15, 0.2) is 22.4 Å². The number of thiophene rings is 1. The van der Waals surface area contributed by atoms with Gasteiger partial charge in [-0.25, -0.2) is 0 Å². The van der Waals surface area contributed by atoms with E-state index in [-0.39, 0.29) is 35.1 Å². The van der Waals surface area contributed by atoms with E-state index in [9.17, 15) is 14.4 Å². The van der Waals surface area contributed by atoms with Gasteiger partial charge in [0.25, 0.3) is 17.4 Å². The Morgan fingerprint density at radius 1 is 1.28 bits per heavy atom. The monoisotopic (exact) mass is 413 g/mol. The standard InChI is InChI=1S/C21H23N3O4S/c1-12-4-6-29-18(12)21(27)23-5-3-16-13(9-23)8-22(2)19(25)17(16)20(26)24-10-15-7-14(24)11-28-15/h4,6,8,14-15H,3,5,7,9-11H2,1-2H3/t14-,15-/m1/s1. The van der Waals surface area contributed by atoms with Crippen molar-refractivity contribution < 1.29 is 14.3 Å². The predicted octanol–water partition coefficient (Wildman–Crippen LogP) is 1.57. The Hall–Kier alpha value is -2.45. The van der Waals surface area contributed by atoms with E-state index in [0.29, 0.717) is 32.7 Å². The molecule has 2 aromatic rings. The van der Waals surface area contributed by atoms with Gasteiger partial charge in [0.15, 0.2) is 0 Å². The zero-order chi connectivity index (χ0) is 20.3. The highest BCUT2D eigenvalue weighted by atomic mass is 32.1. The Kier molecular flexibility index (Phi) is 4.36. The molecule has 2 amide bonds. The molecule has 3 aliphatic rings. The topological polar surface area (TPSA) is 71.9 Å². The van der Waals surface area contributed by atoms with Gasteiger partial charge < -0.3 is 19.1 Å². The first kappa shape index (κ1) is 18.6. The Morgan fingerprint density at radius 3 is 2.76 bits per heavy atom. The quantitative estimate of drug-likeness (QED) is 0.749. The number of morpholine rings is 1. The fraction of sp³-hybridized carbons (Fsp3) is 0.476. The van der Waals surface area contributed by atoms with Crippen LogP contribution in [0.1, 0.15) is 43.1 Å². The van der Waals surface area contributed by atoms with Crippen molar-refractivity contribution in [1.29, 1.82) is 0 Å². The van der Waals surface area contributed by atoms with Crippen molar-refractivity contribution in [3.05, 3.63) is 55.1 Å². The molecule has 2 bridgehead atoms. The van der Waals surface area contributed by atoms with Gasteiger partial charge in [0.1, 0.15) is 5.56 Å². The highest BCUT2D eigenvalue weighted by molar-refractivity contribution is 7.12. The molecule has 29 heavy (non-hydrogen) atoms. The fourth-order valence-corrected chi connectivity index (χ4v) is 5.60. The largest absolute Gasteiger partial charge is 0.374 e. The van der Waals surface area contributed by atoms with Crippen LogP contribution in [0.5, 0.6) is 0 Å². The van der Waals surface area contributed by atoms with Crippen LogP contribution in [0.25, 0.3) is 0 Å². The summed E-state index contributed by atoms with van der Waals surface area (Å²) in [7, 11) is 1.67. The number of likely N-dealkylation sites (tertiary alicyclic amines) is 1. The second kappa shape index (κ2) is 6.81. The number of pyridine rings is 1. The number of carbonyl (C=O) groups is 2. The third-order valence-corrected chi connectivity index (χ3v) is 7.29. The zero-order valence-corrected chi connectivity index (χ0v) is 17.3. The normalized spacial score (nSPS) is 22.8. The summed E-state index contributed by atoms with van der Waals surface area (Å²) in [5.41, 5.74) is 2.68. The van der Waals surface area contributed by atoms with E-state index in [1.807, 2.05) is 23.3 Å². The summed E-state index contributed by atoms with van der Waals surface area (Å²) in [5.74, 6) is -0.175. The fourth-order valence-electron chi connectivity index (χ4n) is 4.71. The molecular formula is C21H23N3O4S. The highest BCUT2D eigenvalue weighted by Gasteiger charge is 2.43. The maximum Gasteiger partial charge on any atom is 0.264 e. The Bertz CT molecular complexity index is 1070. The summed E-state index contributed by atoms with van der Waals surface area (Å²) >= 11 is 1.45. The van der Waals surface area contributed by atoms with Crippen LogP contribution in [0.3, 0.4) is 0 Å². The van der Waals surface area contributed by atoms with Crippen LogP contribution in [0.2, 0.25) is 0 Å². The lowest BCUT2D eigenvalue weighted by atomic mass is 9.95. The molecule has 0 aliphatic carbocycles. The van der Waals surface area contributed by atoms with Crippen LogP contribution >= 0.6 is 11.3 Å². The van der Waals surface area contributed by atoms with Gasteiger partial charge in [0.05, 0.1) is 23.6 Å². The number of fused-ring (bicyclic) bond motifs is 3. The molecule has 0 aromatic carbocycles. The van der Waals surface area contributed by atoms with Crippen LogP contribution in [0, 0.1) is 6.92 Å². The van der Waals surface area contributed by atoms with Crippen molar-refractivity contribution in [2.45, 2.75) is 38.5 Å². The van der Waals surface area contributed by atoms with Crippen molar-refractivity contribution in [2.24, 2.45) is 7.05 Å². The lowest BCUT2D eigenvalue weighted by molar-refractivity contribution is 0.0256. The van der Waals surface area contributed by atoms with Crippen LogP contribution in [-0.4, -0.2) is 58.0 Å². The van der Waals surface area contributed by atoms with E-state index in [1.54, 1.807) is 18.1 Å². The predicted molar refractivity (Wildman–Crippen MR) is 108 cm³/mol. The van der Waals surface area contributed by atoms with Gasteiger partial charge in [0.2, 0.25) is 0 Å². The molecule has 0 unspecified atom stereocenters. The molecule has 0 saturated carbocycles.